The van der Waals surface area contributed by atoms with Gasteiger partial charge in [0.15, 0.2) is 0 Å². The molecule has 0 unspecified atom stereocenters. The summed E-state index contributed by atoms with van der Waals surface area (Å²) < 4.78 is 0. The fourth-order valence-corrected chi connectivity index (χ4v) is 3.28. The predicted molar refractivity (Wildman–Crippen MR) is 107 cm³/mol. The van der Waals surface area contributed by atoms with Gasteiger partial charge in [-0.2, -0.15) is 0 Å². The summed E-state index contributed by atoms with van der Waals surface area (Å²) >= 11 is 5.89. The molecule has 5 nitrogen and oxygen atoms in total. The number of carbonyl (C=O) groups excluding carboxylic acids is 1. The van der Waals surface area contributed by atoms with E-state index in [1.54, 1.807) is 6.20 Å². The summed E-state index contributed by atoms with van der Waals surface area (Å²) in [6.45, 7) is 0.781. The van der Waals surface area contributed by atoms with E-state index in [9.17, 15) is 4.79 Å². The van der Waals surface area contributed by atoms with Gasteiger partial charge in [-0.1, -0.05) is 43.0 Å². The summed E-state index contributed by atoms with van der Waals surface area (Å²) in [6.07, 6.45) is 8.37. The standard InChI is InChI=1S/C20H25ClN4O/c21-16-8-6-15(7-9-16)12-13-22-19-11-10-18(14-23-19)25-20(26)24-17-4-2-1-3-5-17/h6-11,14,17H,1-5,12-13H2,(H,22,23)(H2,24,25,26). The molecule has 0 radical (unpaired) electrons. The van der Waals surface area contributed by atoms with E-state index in [0.717, 1.165) is 36.6 Å². The molecule has 1 aliphatic rings. The average molecular weight is 373 g/mol. The Balaban J connectivity index is 1.41. The normalized spacial score (nSPS) is 14.7. The van der Waals surface area contributed by atoms with E-state index in [0.29, 0.717) is 11.7 Å². The van der Waals surface area contributed by atoms with Crippen molar-refractivity contribution >= 4 is 29.1 Å². The first-order chi connectivity index (χ1) is 12.7. The van der Waals surface area contributed by atoms with Gasteiger partial charge in [0.1, 0.15) is 5.82 Å². The van der Waals surface area contributed by atoms with Crippen molar-refractivity contribution in [2.24, 2.45) is 0 Å². The summed E-state index contributed by atoms with van der Waals surface area (Å²) in [6, 6.07) is 11.7. The van der Waals surface area contributed by atoms with Crippen molar-refractivity contribution < 1.29 is 4.79 Å². The van der Waals surface area contributed by atoms with Gasteiger partial charge in [0.2, 0.25) is 0 Å². The summed E-state index contributed by atoms with van der Waals surface area (Å²) in [5, 5.41) is 9.92. The maximum Gasteiger partial charge on any atom is 0.319 e. The lowest BCUT2D eigenvalue weighted by Gasteiger charge is -2.22. The number of pyridine rings is 1. The summed E-state index contributed by atoms with van der Waals surface area (Å²) in [4.78, 5) is 16.4. The molecule has 26 heavy (non-hydrogen) atoms. The van der Waals surface area contributed by atoms with Gasteiger partial charge in [-0.3, -0.25) is 0 Å². The third-order valence-electron chi connectivity index (χ3n) is 4.59. The number of hydrogen-bond donors (Lipinski definition) is 3. The zero-order valence-electron chi connectivity index (χ0n) is 14.8. The Kier molecular flexibility index (Phi) is 6.72. The monoisotopic (exact) mass is 372 g/mol. The average Bonchev–Trinajstić information content (AvgIpc) is 2.65. The lowest BCUT2D eigenvalue weighted by Crippen LogP contribution is -2.39. The van der Waals surface area contributed by atoms with E-state index in [1.807, 2.05) is 36.4 Å². The van der Waals surface area contributed by atoms with Crippen molar-refractivity contribution in [2.75, 3.05) is 17.2 Å². The third kappa shape index (κ3) is 5.92. The molecule has 2 amide bonds. The van der Waals surface area contributed by atoms with Crippen LogP contribution in [0.5, 0.6) is 0 Å². The molecule has 1 aliphatic carbocycles. The Morgan fingerprint density at radius 1 is 1.08 bits per heavy atom. The first-order valence-electron chi connectivity index (χ1n) is 9.21. The van der Waals surface area contributed by atoms with Crippen molar-refractivity contribution in [3.05, 3.63) is 53.2 Å². The SMILES string of the molecule is O=C(Nc1ccc(NCCc2ccc(Cl)cc2)nc1)NC1CCCCC1. The second kappa shape index (κ2) is 9.43. The van der Waals surface area contributed by atoms with Crippen LogP contribution < -0.4 is 16.0 Å². The smallest absolute Gasteiger partial charge is 0.319 e. The summed E-state index contributed by atoms with van der Waals surface area (Å²) in [5.41, 5.74) is 1.92. The van der Waals surface area contributed by atoms with Crippen LogP contribution in [0.2, 0.25) is 5.02 Å². The highest BCUT2D eigenvalue weighted by Gasteiger charge is 2.15. The number of hydrogen-bond acceptors (Lipinski definition) is 3. The molecule has 1 saturated carbocycles. The van der Waals surface area contributed by atoms with Crippen molar-refractivity contribution in [3.63, 3.8) is 0 Å². The van der Waals surface area contributed by atoms with Gasteiger partial charge in [0.05, 0.1) is 11.9 Å². The number of nitrogens with zero attached hydrogens (tertiary/aromatic N) is 1. The third-order valence-corrected chi connectivity index (χ3v) is 4.85. The number of carbonyl (C=O) groups is 1. The van der Waals surface area contributed by atoms with E-state index in [2.05, 4.69) is 20.9 Å². The topological polar surface area (TPSA) is 66.0 Å². The number of rotatable bonds is 6. The lowest BCUT2D eigenvalue weighted by molar-refractivity contribution is 0.244. The quantitative estimate of drug-likeness (QED) is 0.679. The Morgan fingerprint density at radius 3 is 2.54 bits per heavy atom. The van der Waals surface area contributed by atoms with Crippen LogP contribution in [0.3, 0.4) is 0 Å². The molecule has 0 bridgehead atoms. The summed E-state index contributed by atoms with van der Waals surface area (Å²) in [7, 11) is 0. The van der Waals surface area contributed by atoms with E-state index in [4.69, 9.17) is 11.6 Å². The Hall–Kier alpha value is -2.27. The van der Waals surface area contributed by atoms with Gasteiger partial charge < -0.3 is 16.0 Å². The van der Waals surface area contributed by atoms with Crippen molar-refractivity contribution in [3.8, 4) is 0 Å². The van der Waals surface area contributed by atoms with Crippen LogP contribution in [0, 0.1) is 0 Å². The molecule has 3 rings (SSSR count). The van der Waals surface area contributed by atoms with Crippen LogP contribution in [-0.2, 0) is 6.42 Å². The van der Waals surface area contributed by atoms with Crippen molar-refractivity contribution in [1.29, 1.82) is 0 Å². The maximum atomic E-state index is 12.0. The Bertz CT molecular complexity index is 697. The van der Waals surface area contributed by atoms with E-state index in [-0.39, 0.29) is 6.03 Å². The molecule has 1 aromatic heterocycles. The minimum atomic E-state index is -0.151. The van der Waals surface area contributed by atoms with Gasteiger partial charge in [0.25, 0.3) is 0 Å². The molecule has 6 heteroatoms. The fourth-order valence-electron chi connectivity index (χ4n) is 3.16. The fraction of sp³-hybridized carbons (Fsp3) is 0.400. The second-order valence-electron chi connectivity index (χ2n) is 6.67. The zero-order chi connectivity index (χ0) is 18.2. The number of urea groups is 1. The first-order valence-corrected chi connectivity index (χ1v) is 9.59. The van der Waals surface area contributed by atoms with Crippen LogP contribution in [-0.4, -0.2) is 23.6 Å². The van der Waals surface area contributed by atoms with E-state index < -0.39 is 0 Å². The minimum absolute atomic E-state index is 0.151. The van der Waals surface area contributed by atoms with Gasteiger partial charge in [0, 0.05) is 17.6 Å². The number of aromatic nitrogens is 1. The number of anilines is 2. The molecule has 138 valence electrons. The van der Waals surface area contributed by atoms with Gasteiger partial charge in [-0.05, 0) is 49.1 Å². The van der Waals surface area contributed by atoms with Crippen LogP contribution in [0.4, 0.5) is 16.3 Å². The van der Waals surface area contributed by atoms with Crippen LogP contribution in [0.15, 0.2) is 42.6 Å². The largest absolute Gasteiger partial charge is 0.370 e. The summed E-state index contributed by atoms with van der Waals surface area (Å²) in [5.74, 6) is 0.789. The Labute approximate surface area is 159 Å². The maximum absolute atomic E-state index is 12.0. The molecule has 1 heterocycles. The van der Waals surface area contributed by atoms with Gasteiger partial charge in [-0.25, -0.2) is 9.78 Å². The zero-order valence-corrected chi connectivity index (χ0v) is 15.6. The Morgan fingerprint density at radius 2 is 1.85 bits per heavy atom. The molecule has 3 N–H and O–H groups in total. The molecule has 0 spiro atoms. The molecule has 0 atom stereocenters. The van der Waals surface area contributed by atoms with E-state index >= 15 is 0 Å². The number of halogens is 1. The van der Waals surface area contributed by atoms with Gasteiger partial charge in [-0.15, -0.1) is 0 Å². The molecular weight excluding hydrogens is 348 g/mol. The lowest BCUT2D eigenvalue weighted by atomic mass is 9.96. The number of benzene rings is 1. The van der Waals surface area contributed by atoms with E-state index in [1.165, 1.54) is 24.8 Å². The number of amides is 2. The highest BCUT2D eigenvalue weighted by molar-refractivity contribution is 6.30. The van der Waals surface area contributed by atoms with Crippen LogP contribution >= 0.6 is 11.6 Å². The number of nitrogens with one attached hydrogen (secondary N) is 3. The highest BCUT2D eigenvalue weighted by Crippen LogP contribution is 2.17. The predicted octanol–water partition coefficient (Wildman–Crippen LogP) is 4.84. The minimum Gasteiger partial charge on any atom is -0.370 e. The molecule has 1 aromatic carbocycles. The van der Waals surface area contributed by atoms with Crippen LogP contribution in [0.1, 0.15) is 37.7 Å². The second-order valence-corrected chi connectivity index (χ2v) is 7.11. The van der Waals surface area contributed by atoms with Gasteiger partial charge >= 0.3 is 6.03 Å². The molecule has 1 fully saturated rings. The van der Waals surface area contributed by atoms with Crippen molar-refractivity contribution in [2.45, 2.75) is 44.6 Å². The molecule has 2 aromatic rings. The molecular formula is C20H25ClN4O. The van der Waals surface area contributed by atoms with Crippen LogP contribution in [0.25, 0.3) is 0 Å². The molecule has 0 saturated heterocycles. The highest BCUT2D eigenvalue weighted by atomic mass is 35.5. The molecule has 0 aliphatic heterocycles. The van der Waals surface area contributed by atoms with Crippen molar-refractivity contribution in [1.82, 2.24) is 10.3 Å². The first kappa shape index (κ1) is 18.5.